The van der Waals surface area contributed by atoms with E-state index in [2.05, 4.69) is 26.6 Å². The molecule has 0 saturated heterocycles. The van der Waals surface area contributed by atoms with E-state index in [9.17, 15) is 38.7 Å². The number of pyridine rings is 2. The zero-order chi connectivity index (χ0) is 55.2. The molecule has 0 unspecified atom stereocenters. The molecule has 0 spiro atoms. The van der Waals surface area contributed by atoms with Crippen LogP contribution in [0.5, 0.6) is 0 Å². The minimum absolute atomic E-state index is 0.0377. The van der Waals surface area contributed by atoms with E-state index in [-0.39, 0.29) is 69.2 Å². The number of aliphatic hydroxyl groups is 1. The lowest BCUT2D eigenvalue weighted by Gasteiger charge is -2.31. The molecule has 2 aliphatic heterocycles. The number of fused-ring (bicyclic) bond motifs is 8. The number of carbonyl (C=O) groups excluding carboxylic acids is 6. The lowest BCUT2D eigenvalue weighted by molar-refractivity contribution is -0.172. The number of anilines is 1. The first-order valence-corrected chi connectivity index (χ1v) is 26.1. The molecule has 0 fully saturated rings. The molecule has 4 aromatic carbocycles. The van der Waals surface area contributed by atoms with Gasteiger partial charge in [0.05, 0.1) is 35.1 Å². The molecule has 2 aromatic heterocycles. The number of benzene rings is 4. The van der Waals surface area contributed by atoms with Gasteiger partial charge in [0.15, 0.2) is 5.60 Å². The summed E-state index contributed by atoms with van der Waals surface area (Å²) in [6.07, 6.45) is -0.418. The standard InChI is InChI=1S/C58H59FN8O11/c1-5-58(75)41-23-46-50-38(25-67(46)53(70)40(41)28-76-54(58)71)48-43(21-20-33-30(4)42(59)24-45(63-50)47(33)48)65-56(73)77-26-31-16-18-32(19-17-31)62-51(68)44(15-10-22-61-55(60)72)64-52(69)49(29(2)3)66-57(74)78-27-39-36-13-8-6-11-34(36)35-12-7-9-14-37(35)39/h6-9,11-14,16-19,23-24,29,39,43-44,49,75H,5,10,15,20-22,25-28H2,1-4H3,(H,62,68)(H,64,69)(H,65,73)(H,66,74)(H3,60,61,72)/t43-,44+,49+,58-/m0/s1. The van der Waals surface area contributed by atoms with E-state index in [0.29, 0.717) is 63.1 Å². The fourth-order valence-corrected chi connectivity index (χ4v) is 11.3. The summed E-state index contributed by atoms with van der Waals surface area (Å²) in [6, 6.07) is 21.8. The van der Waals surface area contributed by atoms with Crippen LogP contribution in [0.15, 0.2) is 89.7 Å². The van der Waals surface area contributed by atoms with Gasteiger partial charge >= 0.3 is 24.2 Å². The number of primary amides is 1. The molecule has 404 valence electrons. The molecule has 4 aliphatic rings. The topological polar surface area (TPSA) is 271 Å². The number of hydrogen-bond donors (Lipinski definition) is 7. The Labute approximate surface area is 447 Å². The number of hydrogen-bond acceptors (Lipinski definition) is 12. The number of amides is 6. The Hall–Kier alpha value is -8.65. The monoisotopic (exact) mass is 1060 g/mol. The fourth-order valence-electron chi connectivity index (χ4n) is 11.3. The van der Waals surface area contributed by atoms with Gasteiger partial charge < -0.3 is 56.2 Å². The molecule has 2 aliphatic carbocycles. The first-order valence-electron chi connectivity index (χ1n) is 26.1. The number of nitrogens with one attached hydrogen (secondary N) is 5. The molecular weight excluding hydrogens is 1000 g/mol. The van der Waals surface area contributed by atoms with Gasteiger partial charge in [-0.15, -0.1) is 0 Å². The number of alkyl carbamates (subject to hydrolysis) is 2. The van der Waals surface area contributed by atoms with E-state index in [4.69, 9.17) is 24.9 Å². The molecule has 78 heavy (non-hydrogen) atoms. The maximum Gasteiger partial charge on any atom is 0.407 e. The lowest BCUT2D eigenvalue weighted by atomic mass is 9.81. The summed E-state index contributed by atoms with van der Waals surface area (Å²) in [5.74, 6) is -3.10. The maximum atomic E-state index is 15.5. The van der Waals surface area contributed by atoms with Crippen LogP contribution in [0, 0.1) is 18.7 Å². The first kappa shape index (κ1) is 52.8. The van der Waals surface area contributed by atoms with Crippen molar-refractivity contribution >= 4 is 52.6 Å². The Kier molecular flexibility index (Phi) is 14.5. The maximum absolute atomic E-state index is 15.5. The van der Waals surface area contributed by atoms with Crippen molar-refractivity contribution in [2.24, 2.45) is 11.7 Å². The summed E-state index contributed by atoms with van der Waals surface area (Å²) in [5, 5.41) is 25.8. The number of nitrogens with zero attached hydrogens (tertiary/aromatic N) is 2. The van der Waals surface area contributed by atoms with Crippen molar-refractivity contribution < 1.29 is 52.5 Å². The third-order valence-corrected chi connectivity index (χ3v) is 15.4. The van der Waals surface area contributed by atoms with Crippen molar-refractivity contribution in [3.05, 3.63) is 151 Å². The highest BCUT2D eigenvalue weighted by Crippen LogP contribution is 2.47. The second-order valence-electron chi connectivity index (χ2n) is 20.5. The van der Waals surface area contributed by atoms with E-state index < -0.39 is 77.0 Å². The molecule has 10 rings (SSSR count). The number of rotatable bonds is 16. The van der Waals surface area contributed by atoms with Crippen LogP contribution in [-0.4, -0.2) is 75.9 Å². The third kappa shape index (κ3) is 9.87. The molecular formula is C58H59FN8O11. The zero-order valence-electron chi connectivity index (χ0n) is 43.4. The Bertz CT molecular complexity index is 3460. The predicted octanol–water partition coefficient (Wildman–Crippen LogP) is 6.88. The minimum Gasteiger partial charge on any atom is -0.458 e. The van der Waals surface area contributed by atoms with Crippen molar-refractivity contribution in [1.29, 1.82) is 0 Å². The molecule has 8 N–H and O–H groups in total. The van der Waals surface area contributed by atoms with Crippen molar-refractivity contribution in [1.82, 2.24) is 30.8 Å². The molecule has 0 radical (unpaired) electrons. The Morgan fingerprint density at radius 2 is 1.62 bits per heavy atom. The Balaban J connectivity index is 0.791. The SMILES string of the molecule is CC[C@@]1(O)C(=O)OCc2c1cc1n(c2=O)Cc2c-1nc1cc(F)c(C)c3c1c2[C@@H](NC(=O)OCc1ccc(NC(=O)[C@@H](CCCNC(N)=O)NC(=O)[C@H](NC(=O)OCC2c4ccccc4-c4ccccc42)C(C)C)cc1)CC3. The van der Waals surface area contributed by atoms with Gasteiger partial charge in [-0.25, -0.2) is 28.6 Å². The van der Waals surface area contributed by atoms with Crippen LogP contribution in [0.1, 0.15) is 108 Å². The van der Waals surface area contributed by atoms with Crippen LogP contribution in [0.3, 0.4) is 0 Å². The second kappa shape index (κ2) is 21.4. The number of carbonyl (C=O) groups is 6. The van der Waals surface area contributed by atoms with Crippen LogP contribution >= 0.6 is 0 Å². The van der Waals surface area contributed by atoms with E-state index in [1.807, 2.05) is 48.5 Å². The van der Waals surface area contributed by atoms with Gasteiger partial charge in [0.25, 0.3) is 5.56 Å². The van der Waals surface area contributed by atoms with Gasteiger partial charge in [0.2, 0.25) is 11.8 Å². The number of aryl methyl sites for hydroxylation is 1. The van der Waals surface area contributed by atoms with Crippen LogP contribution in [0.25, 0.3) is 33.4 Å². The highest BCUT2D eigenvalue weighted by atomic mass is 19.1. The summed E-state index contributed by atoms with van der Waals surface area (Å²) < 4.78 is 33.6. The van der Waals surface area contributed by atoms with Crippen LogP contribution in [0.4, 0.5) is 24.5 Å². The number of ether oxygens (including phenoxy) is 3. The zero-order valence-corrected chi connectivity index (χ0v) is 43.4. The van der Waals surface area contributed by atoms with E-state index in [1.165, 1.54) is 10.6 Å². The molecule has 19 nitrogen and oxygen atoms in total. The number of aromatic nitrogens is 2. The smallest absolute Gasteiger partial charge is 0.407 e. The summed E-state index contributed by atoms with van der Waals surface area (Å²) in [7, 11) is 0. The number of urea groups is 1. The van der Waals surface area contributed by atoms with Gasteiger partial charge in [-0.05, 0) is 108 Å². The van der Waals surface area contributed by atoms with E-state index in [0.717, 1.165) is 27.8 Å². The summed E-state index contributed by atoms with van der Waals surface area (Å²) in [6.45, 7) is 6.59. The number of cyclic esters (lactones) is 1. The van der Waals surface area contributed by atoms with Gasteiger partial charge in [-0.1, -0.05) is 81.4 Å². The molecule has 0 saturated carbocycles. The number of nitrogens with two attached hydrogens (primary N) is 1. The molecule has 20 heteroatoms. The van der Waals surface area contributed by atoms with Gasteiger partial charge in [-0.2, -0.15) is 0 Å². The van der Waals surface area contributed by atoms with Crippen molar-refractivity contribution in [3.8, 4) is 22.5 Å². The quantitative estimate of drug-likeness (QED) is 0.0297. The highest BCUT2D eigenvalue weighted by molar-refractivity contribution is 5.98. The minimum atomic E-state index is -2.04. The van der Waals surface area contributed by atoms with Crippen molar-refractivity contribution in [3.63, 3.8) is 0 Å². The molecule has 6 aromatic rings. The number of esters is 1. The average molecular weight is 1060 g/mol. The molecule has 4 atom stereocenters. The highest BCUT2D eigenvalue weighted by Gasteiger charge is 2.46. The lowest BCUT2D eigenvalue weighted by Crippen LogP contribution is -2.54. The van der Waals surface area contributed by atoms with Gasteiger partial charge in [-0.3, -0.25) is 14.4 Å². The molecule has 0 bridgehead atoms. The van der Waals surface area contributed by atoms with Crippen LogP contribution < -0.4 is 37.9 Å². The van der Waals surface area contributed by atoms with E-state index >= 15 is 4.39 Å². The van der Waals surface area contributed by atoms with Crippen molar-refractivity contribution in [2.75, 3.05) is 18.5 Å². The molecule has 6 amide bonds. The third-order valence-electron chi connectivity index (χ3n) is 15.4. The van der Waals surface area contributed by atoms with Crippen LogP contribution in [0.2, 0.25) is 0 Å². The van der Waals surface area contributed by atoms with Gasteiger partial charge in [0, 0.05) is 40.7 Å². The summed E-state index contributed by atoms with van der Waals surface area (Å²) in [4.78, 5) is 97.8. The Morgan fingerprint density at radius 3 is 2.29 bits per heavy atom. The largest absolute Gasteiger partial charge is 0.458 e. The predicted molar refractivity (Wildman–Crippen MR) is 284 cm³/mol. The van der Waals surface area contributed by atoms with Gasteiger partial charge in [0.1, 0.15) is 37.7 Å². The number of halogens is 1. The Morgan fingerprint density at radius 1 is 0.910 bits per heavy atom. The fraction of sp³-hybridized carbons (Fsp3) is 0.345. The van der Waals surface area contributed by atoms with Crippen LogP contribution in [-0.2, 0) is 60.4 Å². The normalized spacial score (nSPS) is 17.3. The summed E-state index contributed by atoms with van der Waals surface area (Å²) in [5.41, 5.74) is 11.8. The molecule has 4 heterocycles. The average Bonchev–Trinajstić information content (AvgIpc) is 4.03. The van der Waals surface area contributed by atoms with E-state index in [1.54, 1.807) is 58.0 Å². The first-order chi connectivity index (χ1) is 37.4. The second-order valence-corrected chi connectivity index (χ2v) is 20.5. The summed E-state index contributed by atoms with van der Waals surface area (Å²) >= 11 is 0. The van der Waals surface area contributed by atoms with Crippen molar-refractivity contribution in [2.45, 2.75) is 109 Å².